The highest BCUT2D eigenvalue weighted by molar-refractivity contribution is 5.99. The Bertz CT molecular complexity index is 1090. The summed E-state index contributed by atoms with van der Waals surface area (Å²) in [4.78, 5) is 39.6. The SMILES string of the molecule is C=CN1C(=O)c2c(O)c(=O)c(C(=O)NCc3ccc(F)cc3)cn2CC12CCOC2. The van der Waals surface area contributed by atoms with Gasteiger partial charge in [-0.05, 0) is 24.1 Å². The van der Waals surface area contributed by atoms with Gasteiger partial charge in [-0.2, -0.15) is 0 Å². The molecule has 0 bridgehead atoms. The van der Waals surface area contributed by atoms with Gasteiger partial charge in [0.1, 0.15) is 11.4 Å². The van der Waals surface area contributed by atoms with Crippen molar-refractivity contribution < 1.29 is 23.8 Å². The monoisotopic (exact) mass is 413 g/mol. The molecular weight excluding hydrogens is 393 g/mol. The number of aromatic hydroxyl groups is 1. The molecule has 1 fully saturated rings. The largest absolute Gasteiger partial charge is 0.503 e. The number of carbonyl (C=O) groups is 2. The summed E-state index contributed by atoms with van der Waals surface area (Å²) in [6.45, 7) is 4.73. The first-order valence-corrected chi connectivity index (χ1v) is 9.39. The molecule has 1 unspecified atom stereocenters. The Morgan fingerprint density at radius 3 is 2.70 bits per heavy atom. The molecule has 0 radical (unpaired) electrons. The highest BCUT2D eigenvalue weighted by Crippen LogP contribution is 2.35. The third kappa shape index (κ3) is 3.17. The van der Waals surface area contributed by atoms with Crippen LogP contribution in [-0.4, -0.2) is 45.1 Å². The van der Waals surface area contributed by atoms with Crippen molar-refractivity contribution in [1.82, 2.24) is 14.8 Å². The van der Waals surface area contributed by atoms with E-state index in [1.807, 2.05) is 0 Å². The molecule has 9 heteroatoms. The molecular formula is C21H20FN3O5. The highest BCUT2D eigenvalue weighted by atomic mass is 19.1. The van der Waals surface area contributed by atoms with Crippen molar-refractivity contribution in [3.05, 3.63) is 76.1 Å². The normalized spacial score (nSPS) is 20.3. The minimum absolute atomic E-state index is 0.0714. The average molecular weight is 413 g/mol. The summed E-state index contributed by atoms with van der Waals surface area (Å²) in [5.41, 5.74) is -1.45. The van der Waals surface area contributed by atoms with Crippen molar-refractivity contribution in [2.45, 2.75) is 25.0 Å². The molecule has 1 spiro atoms. The van der Waals surface area contributed by atoms with Gasteiger partial charge in [0.2, 0.25) is 5.43 Å². The summed E-state index contributed by atoms with van der Waals surface area (Å²) in [6, 6.07) is 5.56. The van der Waals surface area contributed by atoms with E-state index in [1.165, 1.54) is 46.1 Å². The molecule has 1 atom stereocenters. The van der Waals surface area contributed by atoms with Gasteiger partial charge in [0, 0.05) is 32.1 Å². The van der Waals surface area contributed by atoms with Crippen LogP contribution in [0, 0.1) is 5.82 Å². The van der Waals surface area contributed by atoms with Crippen LogP contribution in [0.15, 0.2) is 48.0 Å². The second-order valence-corrected chi connectivity index (χ2v) is 7.39. The standard InChI is InChI=1S/C21H20FN3O5/c1-2-25-20(29)16-18(27)17(26)15(10-24(16)11-21(25)7-8-30-12-21)19(28)23-9-13-3-5-14(22)6-4-13/h2-6,10,27H,1,7-9,11-12H2,(H,23,28). The number of amides is 2. The van der Waals surface area contributed by atoms with Crippen LogP contribution >= 0.6 is 0 Å². The molecule has 8 nitrogen and oxygen atoms in total. The molecule has 1 saturated heterocycles. The van der Waals surface area contributed by atoms with Gasteiger partial charge < -0.3 is 24.6 Å². The topological polar surface area (TPSA) is 101 Å². The highest BCUT2D eigenvalue weighted by Gasteiger charge is 2.48. The second-order valence-electron chi connectivity index (χ2n) is 7.39. The molecule has 2 N–H and O–H groups in total. The van der Waals surface area contributed by atoms with Crippen molar-refractivity contribution in [2.75, 3.05) is 13.2 Å². The Morgan fingerprint density at radius 1 is 1.33 bits per heavy atom. The van der Waals surface area contributed by atoms with Crippen LogP contribution in [0.5, 0.6) is 5.75 Å². The maximum absolute atomic E-state index is 13.0. The Kier molecular flexibility index (Phi) is 4.90. The molecule has 4 rings (SSSR count). The van der Waals surface area contributed by atoms with Crippen LogP contribution < -0.4 is 10.7 Å². The first-order chi connectivity index (χ1) is 14.4. The third-order valence-electron chi connectivity index (χ3n) is 5.53. The molecule has 2 amide bonds. The number of benzene rings is 1. The average Bonchev–Trinajstić information content (AvgIpc) is 3.18. The number of pyridine rings is 1. The minimum atomic E-state index is -0.936. The van der Waals surface area contributed by atoms with Gasteiger partial charge in [-0.15, -0.1) is 0 Å². The molecule has 1 aromatic heterocycles. The number of hydrogen-bond acceptors (Lipinski definition) is 5. The molecule has 0 saturated carbocycles. The Hall–Kier alpha value is -3.46. The molecule has 2 aromatic rings. The minimum Gasteiger partial charge on any atom is -0.503 e. The Labute approximate surface area is 171 Å². The lowest BCUT2D eigenvalue weighted by Gasteiger charge is -2.43. The first kappa shape index (κ1) is 19.8. The van der Waals surface area contributed by atoms with Gasteiger partial charge in [0.25, 0.3) is 11.8 Å². The van der Waals surface area contributed by atoms with Crippen LogP contribution in [0.3, 0.4) is 0 Å². The summed E-state index contributed by atoms with van der Waals surface area (Å²) in [5, 5.41) is 13.0. The quantitative estimate of drug-likeness (QED) is 0.789. The van der Waals surface area contributed by atoms with E-state index in [4.69, 9.17) is 4.74 Å². The van der Waals surface area contributed by atoms with Crippen molar-refractivity contribution in [3.8, 4) is 5.75 Å². The lowest BCUT2D eigenvalue weighted by molar-refractivity contribution is 0.0423. The van der Waals surface area contributed by atoms with Crippen LogP contribution in [0.4, 0.5) is 4.39 Å². The smallest absolute Gasteiger partial charge is 0.279 e. The van der Waals surface area contributed by atoms with E-state index in [0.717, 1.165) is 0 Å². The summed E-state index contributed by atoms with van der Waals surface area (Å²) in [7, 11) is 0. The zero-order chi connectivity index (χ0) is 21.5. The number of hydrogen-bond donors (Lipinski definition) is 2. The molecule has 0 aliphatic carbocycles. The summed E-state index contributed by atoms with van der Waals surface area (Å²) >= 11 is 0. The van der Waals surface area contributed by atoms with E-state index in [2.05, 4.69) is 11.9 Å². The number of rotatable bonds is 4. The van der Waals surface area contributed by atoms with Crippen LogP contribution in [0.1, 0.15) is 32.8 Å². The maximum atomic E-state index is 13.0. The predicted octanol–water partition coefficient (Wildman–Crippen LogP) is 1.38. The third-order valence-corrected chi connectivity index (χ3v) is 5.53. The lowest BCUT2D eigenvalue weighted by atomic mass is 9.92. The number of aromatic nitrogens is 1. The molecule has 156 valence electrons. The lowest BCUT2D eigenvalue weighted by Crippen LogP contribution is -2.57. The van der Waals surface area contributed by atoms with Gasteiger partial charge in [-0.1, -0.05) is 18.7 Å². The fourth-order valence-corrected chi connectivity index (χ4v) is 3.95. The van der Waals surface area contributed by atoms with Gasteiger partial charge in [0.15, 0.2) is 11.4 Å². The summed E-state index contributed by atoms with van der Waals surface area (Å²) in [5.74, 6) is -2.46. The zero-order valence-corrected chi connectivity index (χ0v) is 16.1. The van der Waals surface area contributed by atoms with E-state index in [1.54, 1.807) is 0 Å². The van der Waals surface area contributed by atoms with Crippen LogP contribution in [0.25, 0.3) is 0 Å². The zero-order valence-electron chi connectivity index (χ0n) is 16.1. The maximum Gasteiger partial charge on any atom is 0.279 e. The van der Waals surface area contributed by atoms with Gasteiger partial charge in [-0.3, -0.25) is 14.4 Å². The van der Waals surface area contributed by atoms with Crippen LogP contribution in [-0.2, 0) is 17.8 Å². The second kappa shape index (κ2) is 7.42. The molecule has 1 aromatic carbocycles. The van der Waals surface area contributed by atoms with Gasteiger partial charge >= 0.3 is 0 Å². The first-order valence-electron chi connectivity index (χ1n) is 9.39. The Morgan fingerprint density at radius 2 is 2.07 bits per heavy atom. The summed E-state index contributed by atoms with van der Waals surface area (Å²) in [6.07, 6.45) is 3.21. The number of carbonyl (C=O) groups excluding carboxylic acids is 2. The van der Waals surface area contributed by atoms with Crippen molar-refractivity contribution in [1.29, 1.82) is 0 Å². The van der Waals surface area contributed by atoms with Crippen molar-refractivity contribution in [3.63, 3.8) is 0 Å². The molecule has 3 heterocycles. The number of nitrogens with one attached hydrogen (secondary N) is 1. The summed E-state index contributed by atoms with van der Waals surface area (Å²) < 4.78 is 19.9. The molecule has 2 aliphatic rings. The van der Waals surface area contributed by atoms with Gasteiger partial charge in [-0.25, -0.2) is 4.39 Å². The van der Waals surface area contributed by atoms with Crippen molar-refractivity contribution in [2.24, 2.45) is 0 Å². The number of fused-ring (bicyclic) bond motifs is 1. The van der Waals surface area contributed by atoms with E-state index in [-0.39, 0.29) is 31.0 Å². The van der Waals surface area contributed by atoms with E-state index >= 15 is 0 Å². The van der Waals surface area contributed by atoms with Gasteiger partial charge in [0.05, 0.1) is 12.1 Å². The number of halogens is 1. The van der Waals surface area contributed by atoms with E-state index in [0.29, 0.717) is 18.6 Å². The fourth-order valence-electron chi connectivity index (χ4n) is 3.95. The predicted molar refractivity (Wildman–Crippen MR) is 104 cm³/mol. The van der Waals surface area contributed by atoms with E-state index in [9.17, 15) is 23.9 Å². The Balaban J connectivity index is 1.67. The molecule has 30 heavy (non-hydrogen) atoms. The number of nitrogens with zero attached hydrogens (tertiary/aromatic N) is 2. The number of ether oxygens (including phenoxy) is 1. The fraction of sp³-hybridized carbons (Fsp3) is 0.286. The van der Waals surface area contributed by atoms with E-state index < -0.39 is 34.3 Å². The van der Waals surface area contributed by atoms with Crippen LogP contribution in [0.2, 0.25) is 0 Å². The van der Waals surface area contributed by atoms with Crippen molar-refractivity contribution >= 4 is 11.8 Å². The molecule has 2 aliphatic heterocycles.